The number of benzene rings is 2. The SMILES string of the molecule is CCN(CC)CCOc1ccccc1CNCc1cccc2[nH]ccc12. The van der Waals surface area contributed by atoms with Crippen molar-refractivity contribution in [1.29, 1.82) is 0 Å². The third-order valence-corrected chi connectivity index (χ3v) is 4.85. The van der Waals surface area contributed by atoms with Gasteiger partial charge < -0.3 is 19.9 Å². The fourth-order valence-electron chi connectivity index (χ4n) is 3.25. The van der Waals surface area contributed by atoms with Crippen molar-refractivity contribution in [2.24, 2.45) is 0 Å². The van der Waals surface area contributed by atoms with Crippen molar-refractivity contribution in [3.05, 3.63) is 65.9 Å². The summed E-state index contributed by atoms with van der Waals surface area (Å²) in [6, 6.07) is 16.8. The van der Waals surface area contributed by atoms with Gasteiger partial charge in [0.2, 0.25) is 0 Å². The van der Waals surface area contributed by atoms with Crippen LogP contribution in [-0.4, -0.2) is 36.1 Å². The molecular formula is C22H29N3O. The van der Waals surface area contributed by atoms with Crippen LogP contribution < -0.4 is 10.1 Å². The van der Waals surface area contributed by atoms with Crippen molar-refractivity contribution in [2.75, 3.05) is 26.2 Å². The number of aromatic amines is 1. The third-order valence-electron chi connectivity index (χ3n) is 4.85. The Morgan fingerprint density at radius 2 is 1.69 bits per heavy atom. The molecule has 0 spiro atoms. The van der Waals surface area contributed by atoms with Crippen molar-refractivity contribution >= 4 is 10.9 Å². The average Bonchev–Trinajstić information content (AvgIpc) is 3.16. The Bertz CT molecular complexity index is 808. The van der Waals surface area contributed by atoms with Crippen LogP contribution in [0.3, 0.4) is 0 Å². The van der Waals surface area contributed by atoms with E-state index in [1.807, 2.05) is 12.3 Å². The largest absolute Gasteiger partial charge is 0.492 e. The molecule has 4 nitrogen and oxygen atoms in total. The lowest BCUT2D eigenvalue weighted by Gasteiger charge is -2.19. The van der Waals surface area contributed by atoms with E-state index in [2.05, 4.69) is 71.5 Å². The van der Waals surface area contributed by atoms with Gasteiger partial charge in [0.15, 0.2) is 0 Å². The molecule has 0 aliphatic rings. The molecule has 0 saturated heterocycles. The molecule has 0 saturated carbocycles. The van der Waals surface area contributed by atoms with Crippen molar-refractivity contribution in [1.82, 2.24) is 15.2 Å². The van der Waals surface area contributed by atoms with E-state index in [1.54, 1.807) is 0 Å². The molecule has 0 aliphatic carbocycles. The smallest absolute Gasteiger partial charge is 0.123 e. The van der Waals surface area contributed by atoms with Crippen LogP contribution in [0, 0.1) is 0 Å². The summed E-state index contributed by atoms with van der Waals surface area (Å²) in [5, 5.41) is 4.84. The molecule has 2 aromatic carbocycles. The van der Waals surface area contributed by atoms with Crippen LogP contribution >= 0.6 is 0 Å². The summed E-state index contributed by atoms with van der Waals surface area (Å²) in [7, 11) is 0. The average molecular weight is 351 g/mol. The highest BCUT2D eigenvalue weighted by molar-refractivity contribution is 5.82. The maximum Gasteiger partial charge on any atom is 0.123 e. The molecule has 1 aromatic heterocycles. The molecule has 0 radical (unpaired) electrons. The van der Waals surface area contributed by atoms with Crippen LogP contribution in [0.15, 0.2) is 54.7 Å². The van der Waals surface area contributed by atoms with Gasteiger partial charge >= 0.3 is 0 Å². The first-order chi connectivity index (χ1) is 12.8. The minimum Gasteiger partial charge on any atom is -0.492 e. The molecule has 0 aliphatic heterocycles. The van der Waals surface area contributed by atoms with Gasteiger partial charge in [0.05, 0.1) is 0 Å². The number of fused-ring (bicyclic) bond motifs is 1. The molecule has 1 heterocycles. The quantitative estimate of drug-likeness (QED) is 0.576. The lowest BCUT2D eigenvalue weighted by Crippen LogP contribution is -2.28. The Hall–Kier alpha value is -2.30. The second-order valence-electron chi connectivity index (χ2n) is 6.44. The van der Waals surface area contributed by atoms with Crippen LogP contribution in [-0.2, 0) is 13.1 Å². The molecule has 4 heteroatoms. The summed E-state index contributed by atoms with van der Waals surface area (Å²) < 4.78 is 6.05. The second-order valence-corrected chi connectivity index (χ2v) is 6.44. The topological polar surface area (TPSA) is 40.3 Å². The number of aromatic nitrogens is 1. The number of nitrogens with zero attached hydrogens (tertiary/aromatic N) is 1. The highest BCUT2D eigenvalue weighted by atomic mass is 16.5. The van der Waals surface area contributed by atoms with Gasteiger partial charge in [-0.25, -0.2) is 0 Å². The molecule has 3 aromatic rings. The van der Waals surface area contributed by atoms with Crippen LogP contribution in [0.5, 0.6) is 5.75 Å². The van der Waals surface area contributed by atoms with E-state index in [1.165, 1.54) is 22.0 Å². The zero-order valence-electron chi connectivity index (χ0n) is 15.8. The van der Waals surface area contributed by atoms with Gasteiger partial charge in [-0.1, -0.05) is 44.2 Å². The van der Waals surface area contributed by atoms with Crippen molar-refractivity contribution < 1.29 is 4.74 Å². The highest BCUT2D eigenvalue weighted by Crippen LogP contribution is 2.20. The van der Waals surface area contributed by atoms with E-state index in [0.29, 0.717) is 0 Å². The summed E-state index contributed by atoms with van der Waals surface area (Å²) in [5.41, 5.74) is 3.70. The number of para-hydroxylation sites is 1. The molecule has 3 rings (SSSR count). The summed E-state index contributed by atoms with van der Waals surface area (Å²) in [6.07, 6.45) is 1.99. The van der Waals surface area contributed by atoms with Crippen molar-refractivity contribution in [3.8, 4) is 5.75 Å². The lowest BCUT2D eigenvalue weighted by molar-refractivity contribution is 0.221. The number of hydrogen-bond acceptors (Lipinski definition) is 3. The normalized spacial score (nSPS) is 11.3. The van der Waals surface area contributed by atoms with E-state index in [9.17, 15) is 0 Å². The van der Waals surface area contributed by atoms with Crippen molar-refractivity contribution in [2.45, 2.75) is 26.9 Å². The Labute approximate surface area is 156 Å². The minimum atomic E-state index is 0.724. The second kappa shape index (κ2) is 9.41. The molecule has 0 fully saturated rings. The maximum absolute atomic E-state index is 6.05. The van der Waals surface area contributed by atoms with Crippen molar-refractivity contribution in [3.63, 3.8) is 0 Å². The van der Waals surface area contributed by atoms with E-state index < -0.39 is 0 Å². The molecule has 2 N–H and O–H groups in total. The standard InChI is InChI=1S/C22H29N3O/c1-3-25(4-2)14-15-26-22-11-6-5-8-19(22)17-23-16-18-9-7-10-21-20(18)12-13-24-21/h5-13,23-24H,3-4,14-17H2,1-2H3. The van der Waals surface area contributed by atoms with Crippen LogP contribution in [0.4, 0.5) is 0 Å². The Kier molecular flexibility index (Phi) is 6.69. The van der Waals surface area contributed by atoms with Gasteiger partial charge in [0.1, 0.15) is 12.4 Å². The van der Waals surface area contributed by atoms with E-state index in [4.69, 9.17) is 4.74 Å². The molecule has 0 unspecified atom stereocenters. The molecule has 138 valence electrons. The maximum atomic E-state index is 6.05. The molecule has 0 atom stereocenters. The molecule has 0 amide bonds. The van der Waals surface area contributed by atoms with Gasteiger partial charge in [-0.2, -0.15) is 0 Å². The van der Waals surface area contributed by atoms with Crippen LogP contribution in [0.2, 0.25) is 0 Å². The van der Waals surface area contributed by atoms with E-state index in [-0.39, 0.29) is 0 Å². The van der Waals surface area contributed by atoms with Gasteiger partial charge in [-0.15, -0.1) is 0 Å². The summed E-state index contributed by atoms with van der Waals surface area (Å²) in [5.74, 6) is 0.979. The number of hydrogen-bond donors (Lipinski definition) is 2. The highest BCUT2D eigenvalue weighted by Gasteiger charge is 2.06. The van der Waals surface area contributed by atoms with E-state index >= 15 is 0 Å². The monoisotopic (exact) mass is 351 g/mol. The fraction of sp³-hybridized carbons (Fsp3) is 0.364. The first-order valence-electron chi connectivity index (χ1n) is 9.50. The summed E-state index contributed by atoms with van der Waals surface area (Å²) in [6.45, 7) is 9.82. The first-order valence-corrected chi connectivity index (χ1v) is 9.50. The van der Waals surface area contributed by atoms with Gasteiger partial charge in [0.25, 0.3) is 0 Å². The van der Waals surface area contributed by atoms with Crippen LogP contribution in [0.25, 0.3) is 10.9 Å². The Balaban J connectivity index is 1.56. The Morgan fingerprint density at radius 1 is 0.923 bits per heavy atom. The number of likely N-dealkylation sites (N-methyl/N-ethyl adjacent to an activating group) is 1. The zero-order valence-corrected chi connectivity index (χ0v) is 15.8. The van der Waals surface area contributed by atoms with Gasteiger partial charge in [0, 0.05) is 42.3 Å². The predicted octanol–water partition coefficient (Wildman–Crippen LogP) is 4.18. The Morgan fingerprint density at radius 3 is 2.54 bits per heavy atom. The number of nitrogens with one attached hydrogen (secondary N) is 2. The summed E-state index contributed by atoms with van der Waals surface area (Å²) >= 11 is 0. The fourth-order valence-corrected chi connectivity index (χ4v) is 3.25. The summed E-state index contributed by atoms with van der Waals surface area (Å²) in [4.78, 5) is 5.64. The molecular weight excluding hydrogens is 322 g/mol. The third kappa shape index (κ3) is 4.65. The van der Waals surface area contributed by atoms with Gasteiger partial charge in [-0.05, 0) is 36.9 Å². The minimum absolute atomic E-state index is 0.724. The zero-order chi connectivity index (χ0) is 18.2. The van der Waals surface area contributed by atoms with Crippen LogP contribution in [0.1, 0.15) is 25.0 Å². The lowest BCUT2D eigenvalue weighted by atomic mass is 10.1. The number of H-pyrrole nitrogens is 1. The van der Waals surface area contributed by atoms with E-state index in [0.717, 1.165) is 45.1 Å². The molecule has 26 heavy (non-hydrogen) atoms. The number of ether oxygens (including phenoxy) is 1. The number of rotatable bonds is 10. The van der Waals surface area contributed by atoms with Gasteiger partial charge in [-0.3, -0.25) is 0 Å². The first kappa shape index (κ1) is 18.5. The molecule has 0 bridgehead atoms. The predicted molar refractivity (Wildman–Crippen MR) is 109 cm³/mol.